The maximum Gasteiger partial charge on any atom is 0.335 e. The number of hydrogen-bond acceptors (Lipinski definition) is 3. The molecule has 0 aliphatic carbocycles. The molecule has 0 spiro atoms. The summed E-state index contributed by atoms with van der Waals surface area (Å²) in [4.78, 5) is 22.5. The molecule has 5 nitrogen and oxygen atoms in total. The Labute approximate surface area is 123 Å². The molecule has 4 N–H and O–H groups in total. The number of rotatable bonds is 8. The second-order valence-electron chi connectivity index (χ2n) is 4.50. The SMILES string of the molecule is NCCCCCCC(=O)Nc1ccc(C(=O)O)cc1Cl. The van der Waals surface area contributed by atoms with Crippen molar-refractivity contribution in [3.63, 3.8) is 0 Å². The molecule has 0 aliphatic rings. The van der Waals surface area contributed by atoms with Crippen LogP contribution in [0.25, 0.3) is 0 Å². The summed E-state index contributed by atoms with van der Waals surface area (Å²) in [5.41, 5.74) is 5.91. The summed E-state index contributed by atoms with van der Waals surface area (Å²) < 4.78 is 0. The van der Waals surface area contributed by atoms with E-state index in [1.807, 2.05) is 0 Å². The molecule has 0 saturated heterocycles. The molecule has 0 fully saturated rings. The van der Waals surface area contributed by atoms with Crippen LogP contribution < -0.4 is 11.1 Å². The molecule has 1 aromatic carbocycles. The van der Waals surface area contributed by atoms with Crippen LogP contribution in [0.1, 0.15) is 42.5 Å². The zero-order valence-electron chi connectivity index (χ0n) is 11.2. The third kappa shape index (κ3) is 5.59. The second kappa shape index (κ2) is 8.55. The third-order valence-electron chi connectivity index (χ3n) is 2.85. The first kappa shape index (κ1) is 16.5. The van der Waals surface area contributed by atoms with Gasteiger partial charge in [-0.25, -0.2) is 4.79 Å². The van der Waals surface area contributed by atoms with E-state index in [0.29, 0.717) is 18.7 Å². The Kier molecular flexibility index (Phi) is 7.04. The highest BCUT2D eigenvalue weighted by Crippen LogP contribution is 2.23. The number of carboxylic acid groups (broad SMARTS) is 1. The van der Waals surface area contributed by atoms with Gasteiger partial charge in [-0.05, 0) is 37.6 Å². The minimum absolute atomic E-state index is 0.0924. The van der Waals surface area contributed by atoms with Crippen LogP contribution in [0, 0.1) is 0 Å². The number of nitrogens with two attached hydrogens (primary N) is 1. The summed E-state index contributed by atoms with van der Waals surface area (Å²) >= 11 is 5.93. The molecule has 110 valence electrons. The molecule has 1 rings (SSSR count). The molecular weight excluding hydrogens is 280 g/mol. The van der Waals surface area contributed by atoms with Crippen molar-refractivity contribution < 1.29 is 14.7 Å². The van der Waals surface area contributed by atoms with Gasteiger partial charge in [-0.15, -0.1) is 0 Å². The van der Waals surface area contributed by atoms with E-state index < -0.39 is 5.97 Å². The fourth-order valence-electron chi connectivity index (χ4n) is 1.75. The number of carbonyl (C=O) groups is 2. The number of amides is 1. The Morgan fingerprint density at radius 2 is 1.90 bits per heavy atom. The Bertz CT molecular complexity index is 477. The minimum atomic E-state index is -1.05. The van der Waals surface area contributed by atoms with E-state index in [1.165, 1.54) is 18.2 Å². The number of unbranched alkanes of at least 4 members (excludes halogenated alkanes) is 3. The van der Waals surface area contributed by atoms with Gasteiger partial charge in [-0.2, -0.15) is 0 Å². The number of hydrogen-bond donors (Lipinski definition) is 3. The molecule has 0 atom stereocenters. The fourth-order valence-corrected chi connectivity index (χ4v) is 1.97. The van der Waals surface area contributed by atoms with Gasteiger partial charge < -0.3 is 16.2 Å². The van der Waals surface area contributed by atoms with Gasteiger partial charge in [-0.1, -0.05) is 24.4 Å². The van der Waals surface area contributed by atoms with Gasteiger partial charge in [0.05, 0.1) is 16.3 Å². The largest absolute Gasteiger partial charge is 0.478 e. The lowest BCUT2D eigenvalue weighted by molar-refractivity contribution is -0.116. The second-order valence-corrected chi connectivity index (χ2v) is 4.91. The predicted octanol–water partition coefficient (Wildman–Crippen LogP) is 2.89. The van der Waals surface area contributed by atoms with Crippen LogP contribution in [0.15, 0.2) is 18.2 Å². The summed E-state index contributed by atoms with van der Waals surface area (Å²) in [7, 11) is 0. The maximum absolute atomic E-state index is 11.7. The van der Waals surface area contributed by atoms with Gasteiger partial charge in [-0.3, -0.25) is 4.79 Å². The Hall–Kier alpha value is -1.59. The highest BCUT2D eigenvalue weighted by atomic mass is 35.5. The van der Waals surface area contributed by atoms with E-state index in [2.05, 4.69) is 5.32 Å². The molecule has 0 heterocycles. The first-order valence-electron chi connectivity index (χ1n) is 6.57. The van der Waals surface area contributed by atoms with Gasteiger partial charge in [0.15, 0.2) is 0 Å². The van der Waals surface area contributed by atoms with E-state index in [-0.39, 0.29) is 16.5 Å². The number of aromatic carboxylic acids is 1. The molecule has 1 aromatic rings. The van der Waals surface area contributed by atoms with E-state index in [9.17, 15) is 9.59 Å². The number of anilines is 1. The topological polar surface area (TPSA) is 92.4 Å². The lowest BCUT2D eigenvalue weighted by Gasteiger charge is -2.08. The fraction of sp³-hybridized carbons (Fsp3) is 0.429. The predicted molar refractivity (Wildman–Crippen MR) is 79.2 cm³/mol. The van der Waals surface area contributed by atoms with Crippen LogP contribution >= 0.6 is 11.6 Å². The summed E-state index contributed by atoms with van der Waals surface area (Å²) in [6.45, 7) is 0.678. The van der Waals surface area contributed by atoms with Gasteiger partial charge in [0, 0.05) is 6.42 Å². The van der Waals surface area contributed by atoms with Gasteiger partial charge >= 0.3 is 5.97 Å². The van der Waals surface area contributed by atoms with Crippen molar-refractivity contribution in [1.29, 1.82) is 0 Å². The van der Waals surface area contributed by atoms with Crippen molar-refractivity contribution >= 4 is 29.2 Å². The quantitative estimate of drug-likeness (QED) is 0.643. The maximum atomic E-state index is 11.7. The van der Waals surface area contributed by atoms with Crippen LogP contribution in [-0.4, -0.2) is 23.5 Å². The van der Waals surface area contributed by atoms with Crippen molar-refractivity contribution in [1.82, 2.24) is 0 Å². The summed E-state index contributed by atoms with van der Waals surface area (Å²) in [5, 5.41) is 11.7. The zero-order chi connectivity index (χ0) is 15.0. The van der Waals surface area contributed by atoms with Crippen molar-refractivity contribution in [3.8, 4) is 0 Å². The third-order valence-corrected chi connectivity index (χ3v) is 3.16. The van der Waals surface area contributed by atoms with Gasteiger partial charge in [0.25, 0.3) is 0 Å². The Morgan fingerprint density at radius 1 is 1.20 bits per heavy atom. The smallest absolute Gasteiger partial charge is 0.335 e. The highest BCUT2D eigenvalue weighted by Gasteiger charge is 2.09. The van der Waals surface area contributed by atoms with E-state index in [0.717, 1.165) is 25.7 Å². The Balaban J connectivity index is 2.44. The van der Waals surface area contributed by atoms with Crippen LogP contribution in [-0.2, 0) is 4.79 Å². The molecule has 6 heteroatoms. The number of carbonyl (C=O) groups excluding carboxylic acids is 1. The lowest BCUT2D eigenvalue weighted by atomic mass is 10.1. The van der Waals surface area contributed by atoms with E-state index in [4.69, 9.17) is 22.4 Å². The monoisotopic (exact) mass is 298 g/mol. The van der Waals surface area contributed by atoms with E-state index >= 15 is 0 Å². The molecular formula is C14H19ClN2O3. The summed E-state index contributed by atoms with van der Waals surface area (Å²) in [6.07, 6.45) is 4.19. The van der Waals surface area contributed by atoms with E-state index in [1.54, 1.807) is 0 Å². The number of nitrogens with one attached hydrogen (secondary N) is 1. The van der Waals surface area contributed by atoms with Crippen molar-refractivity contribution in [3.05, 3.63) is 28.8 Å². The molecule has 0 saturated carbocycles. The van der Waals surface area contributed by atoms with Crippen LogP contribution in [0.5, 0.6) is 0 Å². The van der Waals surface area contributed by atoms with Crippen molar-refractivity contribution in [2.75, 3.05) is 11.9 Å². The zero-order valence-corrected chi connectivity index (χ0v) is 11.9. The number of benzene rings is 1. The molecule has 0 unspecified atom stereocenters. The lowest BCUT2D eigenvalue weighted by Crippen LogP contribution is -2.12. The first-order chi connectivity index (χ1) is 9.54. The molecule has 20 heavy (non-hydrogen) atoms. The summed E-state index contributed by atoms with van der Waals surface area (Å²) in [6, 6.07) is 4.23. The molecule has 0 bridgehead atoms. The normalized spacial score (nSPS) is 10.3. The first-order valence-corrected chi connectivity index (χ1v) is 6.95. The van der Waals surface area contributed by atoms with Crippen LogP contribution in [0.3, 0.4) is 0 Å². The summed E-state index contributed by atoms with van der Waals surface area (Å²) in [5.74, 6) is -1.17. The molecule has 0 aliphatic heterocycles. The number of halogens is 1. The molecule has 0 radical (unpaired) electrons. The average molecular weight is 299 g/mol. The Morgan fingerprint density at radius 3 is 2.50 bits per heavy atom. The molecule has 0 aromatic heterocycles. The molecule has 1 amide bonds. The van der Waals surface area contributed by atoms with Gasteiger partial charge in [0.1, 0.15) is 0 Å². The minimum Gasteiger partial charge on any atom is -0.478 e. The van der Waals surface area contributed by atoms with Gasteiger partial charge in [0.2, 0.25) is 5.91 Å². The number of carboxylic acids is 1. The standard InChI is InChI=1S/C14H19ClN2O3/c15-11-9-10(14(19)20)6-7-12(11)17-13(18)5-3-1-2-4-8-16/h6-7,9H,1-5,8,16H2,(H,17,18)(H,19,20). The van der Waals surface area contributed by atoms with Crippen LogP contribution in [0.4, 0.5) is 5.69 Å². The van der Waals surface area contributed by atoms with Crippen molar-refractivity contribution in [2.24, 2.45) is 5.73 Å². The van der Waals surface area contributed by atoms with Crippen molar-refractivity contribution in [2.45, 2.75) is 32.1 Å². The average Bonchev–Trinajstić information content (AvgIpc) is 2.40. The van der Waals surface area contributed by atoms with Crippen LogP contribution in [0.2, 0.25) is 5.02 Å². The highest BCUT2D eigenvalue weighted by molar-refractivity contribution is 6.34.